The zero-order chi connectivity index (χ0) is 9.14. The van der Waals surface area contributed by atoms with Crippen molar-refractivity contribution in [2.45, 2.75) is 20.4 Å². The van der Waals surface area contributed by atoms with Crippen molar-refractivity contribution in [1.29, 1.82) is 0 Å². The first-order valence-corrected chi connectivity index (χ1v) is 4.59. The lowest BCUT2D eigenvalue weighted by molar-refractivity contribution is -0.122. The summed E-state index contributed by atoms with van der Waals surface area (Å²) in [5.41, 5.74) is 0. The number of ketones is 1. The molecule has 1 aromatic rings. The zero-order valence-corrected chi connectivity index (χ0v) is 8.71. The minimum atomic E-state index is 0.0768. The molecule has 1 rings (SSSR count). The molecule has 0 aromatic carbocycles. The van der Waals surface area contributed by atoms with Crippen LogP contribution in [0.5, 0.6) is 0 Å². The summed E-state index contributed by atoms with van der Waals surface area (Å²) in [6, 6.07) is 0. The van der Waals surface area contributed by atoms with Crippen molar-refractivity contribution >= 4 is 21.7 Å². The van der Waals surface area contributed by atoms with Gasteiger partial charge in [-0.2, -0.15) is 5.10 Å². The van der Waals surface area contributed by atoms with Gasteiger partial charge in [0.2, 0.25) is 0 Å². The molecule has 3 nitrogen and oxygen atoms in total. The number of carbonyl (C=O) groups excluding carboxylic acids is 1. The maximum atomic E-state index is 11.2. The van der Waals surface area contributed by atoms with Crippen LogP contribution in [0.25, 0.3) is 0 Å². The van der Waals surface area contributed by atoms with Crippen LogP contribution in [0.2, 0.25) is 0 Å². The third-order valence-corrected chi connectivity index (χ3v) is 1.97. The number of halogens is 1. The van der Waals surface area contributed by atoms with Crippen LogP contribution in [0.3, 0.4) is 0 Å². The van der Waals surface area contributed by atoms with Crippen molar-refractivity contribution in [3.8, 4) is 0 Å². The molecule has 12 heavy (non-hydrogen) atoms. The van der Waals surface area contributed by atoms with Gasteiger partial charge >= 0.3 is 0 Å². The molecule has 1 heterocycles. The summed E-state index contributed by atoms with van der Waals surface area (Å²) >= 11 is 3.26. The first kappa shape index (κ1) is 9.45. The van der Waals surface area contributed by atoms with Crippen LogP contribution < -0.4 is 0 Å². The molecule has 0 radical (unpaired) electrons. The second-order valence-electron chi connectivity index (χ2n) is 2.98. The lowest BCUT2D eigenvalue weighted by Crippen LogP contribution is -2.15. The molecule has 66 valence electrons. The van der Waals surface area contributed by atoms with Gasteiger partial charge in [0.25, 0.3) is 0 Å². The standard InChI is InChI=1S/C8H11BrN2O/c1-6(2)8(12)5-11-4-7(9)3-10-11/h3-4,6H,5H2,1-2H3. The number of aromatic nitrogens is 2. The highest BCUT2D eigenvalue weighted by atomic mass is 79.9. The molecule has 0 aliphatic heterocycles. The third kappa shape index (κ3) is 2.44. The number of nitrogens with zero attached hydrogens (tertiary/aromatic N) is 2. The lowest BCUT2D eigenvalue weighted by atomic mass is 10.1. The molecule has 0 aliphatic carbocycles. The summed E-state index contributed by atoms with van der Waals surface area (Å²) < 4.78 is 2.53. The normalized spacial score (nSPS) is 10.7. The van der Waals surface area contributed by atoms with E-state index in [1.807, 2.05) is 13.8 Å². The number of hydrogen-bond acceptors (Lipinski definition) is 2. The van der Waals surface area contributed by atoms with Gasteiger partial charge in [-0.05, 0) is 15.9 Å². The summed E-state index contributed by atoms with van der Waals surface area (Å²) in [4.78, 5) is 11.2. The van der Waals surface area contributed by atoms with Crippen LogP contribution in [0.15, 0.2) is 16.9 Å². The Kier molecular flexibility index (Phi) is 3.03. The van der Waals surface area contributed by atoms with E-state index in [0.29, 0.717) is 6.54 Å². The summed E-state index contributed by atoms with van der Waals surface area (Å²) in [5, 5.41) is 3.99. The second kappa shape index (κ2) is 3.85. The van der Waals surface area contributed by atoms with Crippen molar-refractivity contribution in [3.63, 3.8) is 0 Å². The Morgan fingerprint density at radius 3 is 2.83 bits per heavy atom. The molecular formula is C8H11BrN2O. The van der Waals surface area contributed by atoms with Crippen LogP contribution in [-0.4, -0.2) is 15.6 Å². The van der Waals surface area contributed by atoms with E-state index in [1.54, 1.807) is 17.1 Å². The number of rotatable bonds is 3. The van der Waals surface area contributed by atoms with E-state index in [4.69, 9.17) is 0 Å². The number of Topliss-reactive ketones (excluding diaryl/α,β-unsaturated/α-hetero) is 1. The van der Waals surface area contributed by atoms with Gasteiger partial charge in [0.1, 0.15) is 0 Å². The average molecular weight is 231 g/mol. The largest absolute Gasteiger partial charge is 0.297 e. The molecule has 0 aliphatic rings. The molecule has 0 spiro atoms. The molecule has 0 fully saturated rings. The molecule has 0 unspecified atom stereocenters. The smallest absolute Gasteiger partial charge is 0.156 e. The van der Waals surface area contributed by atoms with Crippen LogP contribution in [0.4, 0.5) is 0 Å². The van der Waals surface area contributed by atoms with Crippen LogP contribution >= 0.6 is 15.9 Å². The van der Waals surface area contributed by atoms with Crippen molar-refractivity contribution in [2.75, 3.05) is 0 Å². The van der Waals surface area contributed by atoms with E-state index in [0.717, 1.165) is 4.47 Å². The fourth-order valence-corrected chi connectivity index (χ4v) is 1.09. The maximum Gasteiger partial charge on any atom is 0.156 e. The molecule has 1 aromatic heterocycles. The van der Waals surface area contributed by atoms with Crippen LogP contribution in [-0.2, 0) is 11.3 Å². The van der Waals surface area contributed by atoms with E-state index in [-0.39, 0.29) is 11.7 Å². The summed E-state index contributed by atoms with van der Waals surface area (Å²) in [6.07, 6.45) is 3.47. The number of carbonyl (C=O) groups is 1. The van der Waals surface area contributed by atoms with E-state index < -0.39 is 0 Å². The zero-order valence-electron chi connectivity index (χ0n) is 7.12. The molecule has 0 saturated heterocycles. The SMILES string of the molecule is CC(C)C(=O)Cn1cc(Br)cn1. The quantitative estimate of drug-likeness (QED) is 0.795. The van der Waals surface area contributed by atoms with Gasteiger partial charge in [-0.1, -0.05) is 13.8 Å². The van der Waals surface area contributed by atoms with Gasteiger partial charge in [-0.25, -0.2) is 0 Å². The van der Waals surface area contributed by atoms with E-state index >= 15 is 0 Å². The maximum absolute atomic E-state index is 11.2. The summed E-state index contributed by atoms with van der Waals surface area (Å²) in [7, 11) is 0. The molecule has 0 atom stereocenters. The number of hydrogen-bond donors (Lipinski definition) is 0. The topological polar surface area (TPSA) is 34.9 Å². The van der Waals surface area contributed by atoms with Gasteiger partial charge in [0.15, 0.2) is 5.78 Å². The predicted octanol–water partition coefficient (Wildman–Crippen LogP) is 1.87. The Morgan fingerprint density at radius 1 is 1.75 bits per heavy atom. The van der Waals surface area contributed by atoms with Crippen LogP contribution in [0.1, 0.15) is 13.8 Å². The Hall–Kier alpha value is -0.640. The monoisotopic (exact) mass is 230 g/mol. The van der Waals surface area contributed by atoms with Crippen molar-refractivity contribution in [3.05, 3.63) is 16.9 Å². The summed E-state index contributed by atoms with van der Waals surface area (Å²) in [6.45, 7) is 4.14. The molecule has 4 heteroatoms. The van der Waals surface area contributed by atoms with Crippen molar-refractivity contribution in [2.24, 2.45) is 5.92 Å². The van der Waals surface area contributed by atoms with Gasteiger partial charge in [0, 0.05) is 12.1 Å². The van der Waals surface area contributed by atoms with E-state index in [1.165, 1.54) is 0 Å². The highest BCUT2D eigenvalue weighted by molar-refractivity contribution is 9.10. The molecule has 0 saturated carbocycles. The van der Waals surface area contributed by atoms with Crippen molar-refractivity contribution in [1.82, 2.24) is 9.78 Å². The Balaban J connectivity index is 2.58. The Morgan fingerprint density at radius 2 is 2.42 bits per heavy atom. The second-order valence-corrected chi connectivity index (χ2v) is 3.89. The lowest BCUT2D eigenvalue weighted by Gasteiger charge is -2.02. The van der Waals surface area contributed by atoms with Crippen molar-refractivity contribution < 1.29 is 4.79 Å². The Labute approximate surface area is 79.9 Å². The molecular weight excluding hydrogens is 220 g/mol. The third-order valence-electron chi connectivity index (χ3n) is 1.56. The Bertz CT molecular complexity index is 280. The van der Waals surface area contributed by atoms with Gasteiger partial charge in [-0.15, -0.1) is 0 Å². The summed E-state index contributed by atoms with van der Waals surface area (Å²) in [5.74, 6) is 0.276. The predicted molar refractivity (Wildman–Crippen MR) is 49.8 cm³/mol. The van der Waals surface area contributed by atoms with E-state index in [2.05, 4.69) is 21.0 Å². The highest BCUT2D eigenvalue weighted by Crippen LogP contribution is 2.06. The van der Waals surface area contributed by atoms with Gasteiger partial charge < -0.3 is 0 Å². The minimum Gasteiger partial charge on any atom is -0.297 e. The minimum absolute atomic E-state index is 0.0768. The molecule has 0 N–H and O–H groups in total. The van der Waals surface area contributed by atoms with E-state index in [9.17, 15) is 4.79 Å². The van der Waals surface area contributed by atoms with Crippen LogP contribution in [0, 0.1) is 5.92 Å². The van der Waals surface area contributed by atoms with Gasteiger partial charge in [-0.3, -0.25) is 9.48 Å². The highest BCUT2D eigenvalue weighted by Gasteiger charge is 2.07. The fraction of sp³-hybridized carbons (Fsp3) is 0.500. The first-order chi connectivity index (χ1) is 5.59. The molecule has 0 amide bonds. The molecule has 0 bridgehead atoms. The fourth-order valence-electron chi connectivity index (χ4n) is 0.767. The first-order valence-electron chi connectivity index (χ1n) is 3.80. The average Bonchev–Trinajstić information content (AvgIpc) is 2.35. The van der Waals surface area contributed by atoms with Gasteiger partial charge in [0.05, 0.1) is 17.2 Å².